The molecule has 0 bridgehead atoms. The van der Waals surface area contributed by atoms with Gasteiger partial charge in [-0.3, -0.25) is 4.57 Å². The molecular weight excluding hydrogens is 269 g/mol. The number of aryl methyl sites for hydroxylation is 2. The highest BCUT2D eigenvalue weighted by Gasteiger charge is 2.29. The molecule has 0 unspecified atom stereocenters. The second-order valence-electron chi connectivity index (χ2n) is 3.36. The number of rotatable bonds is 5. The molecule has 0 saturated carbocycles. The Kier molecular flexibility index (Phi) is 8.13. The Bertz CT molecular complexity index is 441. The Labute approximate surface area is 113 Å². The summed E-state index contributed by atoms with van der Waals surface area (Å²) in [5.74, 6) is 0. The van der Waals surface area contributed by atoms with Gasteiger partial charge in [0.25, 0.3) is 0 Å². The van der Waals surface area contributed by atoms with Crippen LogP contribution in [0.2, 0.25) is 0 Å². The first-order valence-corrected chi connectivity index (χ1v) is 8.08. The largest absolute Gasteiger partial charge is 0.362 e. The van der Waals surface area contributed by atoms with Gasteiger partial charge in [0, 0.05) is 16.7 Å². The molecule has 0 aliphatic heterocycles. The summed E-state index contributed by atoms with van der Waals surface area (Å²) in [5.41, 5.74) is 0. The van der Waals surface area contributed by atoms with Crippen molar-refractivity contribution in [1.29, 1.82) is 5.26 Å². The zero-order valence-corrected chi connectivity index (χ0v) is 13.2. The van der Waals surface area contributed by atoms with Crippen LogP contribution in [0, 0.1) is 25.2 Å². The third-order valence-electron chi connectivity index (χ3n) is 1.91. The Balaban J connectivity index is 0.000000873. The van der Waals surface area contributed by atoms with Gasteiger partial charge in [0.2, 0.25) is 0 Å². The van der Waals surface area contributed by atoms with E-state index in [0.29, 0.717) is 18.5 Å². The molecule has 0 saturated heterocycles. The predicted octanol–water partition coefficient (Wildman–Crippen LogP) is 3.79. The molecule has 0 atom stereocenters. The summed E-state index contributed by atoms with van der Waals surface area (Å²) < 4.78 is 23.0. The minimum absolute atomic E-state index is 0.394. The van der Waals surface area contributed by atoms with Gasteiger partial charge in [-0.25, -0.2) is 0 Å². The van der Waals surface area contributed by atoms with E-state index in [2.05, 4.69) is 0 Å². The minimum Gasteiger partial charge on any atom is -0.305 e. The van der Waals surface area contributed by atoms with E-state index in [1.165, 1.54) is 6.92 Å². The van der Waals surface area contributed by atoms with Gasteiger partial charge in [0.15, 0.2) is 0 Å². The van der Waals surface area contributed by atoms with E-state index in [4.69, 9.17) is 14.3 Å². The lowest BCUT2D eigenvalue weighted by molar-refractivity contribution is 0.230. The maximum absolute atomic E-state index is 12.4. The van der Waals surface area contributed by atoms with Crippen molar-refractivity contribution in [3.05, 3.63) is 15.8 Å². The summed E-state index contributed by atoms with van der Waals surface area (Å²) >= 11 is 1.62. The van der Waals surface area contributed by atoms with Crippen LogP contribution in [0.5, 0.6) is 0 Å². The normalized spacial score (nSPS) is 10.4. The molecule has 1 rings (SSSR count). The molecule has 0 amide bonds. The van der Waals surface area contributed by atoms with Crippen LogP contribution < -0.4 is 5.30 Å². The third-order valence-corrected chi connectivity index (χ3v) is 5.28. The topological polar surface area (TPSA) is 59.3 Å². The molecule has 1 aromatic rings. The van der Waals surface area contributed by atoms with Crippen LogP contribution in [-0.2, 0) is 13.6 Å². The van der Waals surface area contributed by atoms with Gasteiger partial charge in [-0.2, -0.15) is 5.26 Å². The molecule has 1 aromatic heterocycles. The van der Waals surface area contributed by atoms with Crippen LogP contribution in [0.3, 0.4) is 0 Å². The van der Waals surface area contributed by atoms with Crippen LogP contribution in [0.4, 0.5) is 0 Å². The van der Waals surface area contributed by atoms with E-state index in [9.17, 15) is 4.57 Å². The fourth-order valence-corrected chi connectivity index (χ4v) is 4.56. The number of thiophene rings is 1. The van der Waals surface area contributed by atoms with Crippen molar-refractivity contribution in [1.82, 2.24) is 0 Å². The van der Waals surface area contributed by atoms with Crippen LogP contribution in [0.25, 0.3) is 0 Å². The highest BCUT2D eigenvalue weighted by molar-refractivity contribution is 7.62. The van der Waals surface area contributed by atoms with Crippen LogP contribution in [0.1, 0.15) is 30.5 Å². The Hall–Kier alpha value is -0.660. The lowest BCUT2D eigenvalue weighted by Gasteiger charge is -2.16. The molecule has 4 nitrogen and oxygen atoms in total. The Morgan fingerprint density at radius 3 is 2.06 bits per heavy atom. The molecule has 1 heterocycles. The van der Waals surface area contributed by atoms with E-state index in [0.717, 1.165) is 9.75 Å². The number of nitriles is 1. The fourth-order valence-electron chi connectivity index (χ4n) is 1.41. The van der Waals surface area contributed by atoms with Crippen molar-refractivity contribution < 1.29 is 13.6 Å². The van der Waals surface area contributed by atoms with E-state index < -0.39 is 7.60 Å². The molecule has 18 heavy (non-hydrogen) atoms. The first-order valence-electron chi connectivity index (χ1n) is 5.72. The van der Waals surface area contributed by atoms with Crippen molar-refractivity contribution in [3.8, 4) is 6.07 Å². The molecule has 0 aliphatic rings. The van der Waals surface area contributed by atoms with Gasteiger partial charge in [-0.1, -0.05) is 0 Å². The standard InChI is InChI=1S/C10H17O3PS.C2H3N/c1-5-12-14(11,13-6-2)10-7-8(3)15-9(10)4;1-2-3/h7H,5-6H2,1-4H3;1H3. The van der Waals surface area contributed by atoms with E-state index >= 15 is 0 Å². The average Bonchev–Trinajstić information content (AvgIpc) is 2.60. The Morgan fingerprint density at radius 2 is 1.78 bits per heavy atom. The first-order chi connectivity index (χ1) is 8.45. The fraction of sp³-hybridized carbons (Fsp3) is 0.583. The van der Waals surface area contributed by atoms with E-state index in [1.807, 2.05) is 33.8 Å². The summed E-state index contributed by atoms with van der Waals surface area (Å²) in [6.45, 7) is 9.79. The maximum Gasteiger partial charge on any atom is 0.362 e. The monoisotopic (exact) mass is 289 g/mol. The van der Waals surface area contributed by atoms with Gasteiger partial charge >= 0.3 is 7.60 Å². The molecular formula is C12H20NO3PS. The highest BCUT2D eigenvalue weighted by atomic mass is 32.1. The SMILES string of the molecule is CC#N.CCOP(=O)(OCC)c1cc(C)sc1C. The van der Waals surface area contributed by atoms with Gasteiger partial charge in [-0.05, 0) is 33.8 Å². The summed E-state index contributed by atoms with van der Waals surface area (Å²) in [4.78, 5) is 2.14. The summed E-state index contributed by atoms with van der Waals surface area (Å²) in [6, 6.07) is 3.64. The average molecular weight is 289 g/mol. The van der Waals surface area contributed by atoms with Gasteiger partial charge in [0.05, 0.1) is 24.6 Å². The van der Waals surface area contributed by atoms with Crippen molar-refractivity contribution in [2.24, 2.45) is 0 Å². The molecule has 0 aliphatic carbocycles. The molecule has 102 valence electrons. The quantitative estimate of drug-likeness (QED) is 0.774. The van der Waals surface area contributed by atoms with Gasteiger partial charge < -0.3 is 9.05 Å². The second-order valence-corrected chi connectivity index (χ2v) is 6.81. The first kappa shape index (κ1) is 17.3. The van der Waals surface area contributed by atoms with E-state index in [-0.39, 0.29) is 0 Å². The Morgan fingerprint density at radius 1 is 1.33 bits per heavy atom. The van der Waals surface area contributed by atoms with Crippen molar-refractivity contribution in [2.75, 3.05) is 13.2 Å². The number of hydrogen-bond donors (Lipinski definition) is 0. The van der Waals surface area contributed by atoms with E-state index in [1.54, 1.807) is 17.4 Å². The maximum atomic E-state index is 12.4. The molecule has 0 fully saturated rings. The summed E-state index contributed by atoms with van der Waals surface area (Å²) in [6.07, 6.45) is 0. The smallest absolute Gasteiger partial charge is 0.305 e. The zero-order chi connectivity index (χ0) is 14.2. The van der Waals surface area contributed by atoms with Gasteiger partial charge in [-0.15, -0.1) is 11.3 Å². The molecule has 0 radical (unpaired) electrons. The number of nitrogens with zero attached hydrogens (tertiary/aromatic N) is 1. The number of hydrogen-bond acceptors (Lipinski definition) is 5. The van der Waals surface area contributed by atoms with Crippen LogP contribution in [-0.4, -0.2) is 13.2 Å². The molecule has 0 N–H and O–H groups in total. The molecule has 0 aromatic carbocycles. The lowest BCUT2D eigenvalue weighted by Crippen LogP contribution is -2.10. The van der Waals surface area contributed by atoms with Gasteiger partial charge in [0.1, 0.15) is 0 Å². The second kappa shape index (κ2) is 8.44. The van der Waals surface area contributed by atoms with Crippen molar-refractivity contribution >= 4 is 24.2 Å². The van der Waals surface area contributed by atoms with Crippen molar-refractivity contribution in [2.45, 2.75) is 34.6 Å². The minimum atomic E-state index is -3.08. The zero-order valence-electron chi connectivity index (χ0n) is 11.5. The van der Waals surface area contributed by atoms with Crippen LogP contribution >= 0.6 is 18.9 Å². The summed E-state index contributed by atoms with van der Waals surface area (Å²) in [7, 11) is -3.08. The third kappa shape index (κ3) is 4.91. The molecule has 6 heteroatoms. The highest BCUT2D eigenvalue weighted by Crippen LogP contribution is 2.48. The molecule has 0 spiro atoms. The summed E-state index contributed by atoms with van der Waals surface area (Å²) in [5, 5.41) is 8.04. The van der Waals surface area contributed by atoms with Crippen LogP contribution in [0.15, 0.2) is 6.07 Å². The lowest BCUT2D eigenvalue weighted by atomic mass is 10.4. The predicted molar refractivity (Wildman–Crippen MR) is 75.6 cm³/mol. The van der Waals surface area contributed by atoms with Crippen molar-refractivity contribution in [3.63, 3.8) is 0 Å².